The number of nitrogens with zero attached hydrogens (tertiary/aromatic N) is 1. The minimum Gasteiger partial charge on any atom is -0.491 e. The molecule has 34 heavy (non-hydrogen) atoms. The second-order valence-electron chi connectivity index (χ2n) is 8.08. The van der Waals surface area contributed by atoms with E-state index in [0.29, 0.717) is 16.1 Å². The summed E-state index contributed by atoms with van der Waals surface area (Å²) in [6.07, 6.45) is 1.74. The maximum Gasteiger partial charge on any atom is 0.303 e. The molecular weight excluding hydrogens is 461 g/mol. The lowest BCUT2D eigenvalue weighted by molar-refractivity contribution is -0.137. The lowest BCUT2D eigenvalue weighted by Gasteiger charge is -2.21. The van der Waals surface area contributed by atoms with Gasteiger partial charge in [0, 0.05) is 48.7 Å². The van der Waals surface area contributed by atoms with Crippen molar-refractivity contribution in [2.75, 3.05) is 6.61 Å². The Bertz CT molecular complexity index is 1270. The first kappa shape index (κ1) is 25.2. The predicted molar refractivity (Wildman–Crippen MR) is 127 cm³/mol. The third-order valence-electron chi connectivity index (χ3n) is 5.56. The average Bonchev–Trinajstić information content (AvgIpc) is 2.78. The first-order chi connectivity index (χ1) is 16.2. The summed E-state index contributed by atoms with van der Waals surface area (Å²) in [6.45, 7) is 1.95. The Morgan fingerprint density at radius 3 is 2.56 bits per heavy atom. The summed E-state index contributed by atoms with van der Waals surface area (Å²) < 4.78 is 21.6. The zero-order chi connectivity index (χ0) is 24.8. The highest BCUT2D eigenvalue weighted by atomic mass is 35.5. The molecule has 0 aliphatic carbocycles. The molecule has 0 aliphatic heterocycles. The van der Waals surface area contributed by atoms with Crippen LogP contribution in [0.1, 0.15) is 52.2 Å². The molecule has 3 aromatic rings. The summed E-state index contributed by atoms with van der Waals surface area (Å²) >= 11 is 6.11. The molecule has 3 rings (SSSR count). The van der Waals surface area contributed by atoms with Gasteiger partial charge in [-0.1, -0.05) is 23.7 Å². The summed E-state index contributed by atoms with van der Waals surface area (Å²) in [6, 6.07) is 12.7. The maximum atomic E-state index is 14.8. The summed E-state index contributed by atoms with van der Waals surface area (Å²) in [5, 5.41) is 9.27. The number of carbonyl (C=O) groups excluding carboxylic acids is 1. The van der Waals surface area contributed by atoms with Gasteiger partial charge in [-0.05, 0) is 60.4 Å². The van der Waals surface area contributed by atoms with Crippen LogP contribution in [-0.2, 0) is 11.8 Å². The number of pyridine rings is 1. The fraction of sp³-hybridized carbons (Fsp3) is 0.269. The van der Waals surface area contributed by atoms with E-state index in [4.69, 9.17) is 21.4 Å². The molecule has 0 amide bonds. The van der Waals surface area contributed by atoms with Crippen LogP contribution in [0, 0.1) is 12.7 Å². The molecule has 0 saturated heterocycles. The van der Waals surface area contributed by atoms with Gasteiger partial charge in [-0.3, -0.25) is 14.4 Å². The van der Waals surface area contributed by atoms with E-state index < -0.39 is 17.7 Å². The molecule has 0 saturated carbocycles. The van der Waals surface area contributed by atoms with E-state index in [1.54, 1.807) is 25.2 Å². The first-order valence-electron chi connectivity index (χ1n) is 10.8. The van der Waals surface area contributed by atoms with E-state index in [2.05, 4.69) is 0 Å². The van der Waals surface area contributed by atoms with Crippen molar-refractivity contribution in [3.8, 4) is 5.75 Å². The van der Waals surface area contributed by atoms with Gasteiger partial charge in [-0.25, -0.2) is 4.39 Å². The van der Waals surface area contributed by atoms with Crippen LogP contribution >= 0.6 is 11.6 Å². The Hall–Kier alpha value is -3.45. The van der Waals surface area contributed by atoms with Gasteiger partial charge in [0.2, 0.25) is 5.56 Å². The number of carboxylic acids is 1. The van der Waals surface area contributed by atoms with Crippen molar-refractivity contribution >= 4 is 23.4 Å². The van der Waals surface area contributed by atoms with Crippen LogP contribution in [0.3, 0.4) is 0 Å². The molecule has 1 unspecified atom stereocenters. The Kier molecular flexibility index (Phi) is 8.23. The van der Waals surface area contributed by atoms with Crippen molar-refractivity contribution in [1.82, 2.24) is 4.57 Å². The molecule has 8 heteroatoms. The van der Waals surface area contributed by atoms with Gasteiger partial charge in [-0.15, -0.1) is 0 Å². The normalized spacial score (nSPS) is 11.8. The summed E-state index contributed by atoms with van der Waals surface area (Å²) in [4.78, 5) is 35.4. The molecule has 0 aliphatic rings. The van der Waals surface area contributed by atoms with Gasteiger partial charge in [0.05, 0.1) is 6.61 Å². The Morgan fingerprint density at radius 2 is 1.91 bits per heavy atom. The fourth-order valence-corrected chi connectivity index (χ4v) is 3.98. The zero-order valence-corrected chi connectivity index (χ0v) is 19.6. The lowest BCUT2D eigenvalue weighted by Crippen LogP contribution is -2.18. The molecule has 178 valence electrons. The van der Waals surface area contributed by atoms with Crippen molar-refractivity contribution in [3.63, 3.8) is 0 Å². The predicted octanol–water partition coefficient (Wildman–Crippen LogP) is 5.13. The number of ether oxygens (including phenoxy) is 1. The van der Waals surface area contributed by atoms with E-state index in [-0.39, 0.29) is 43.0 Å². The molecule has 6 nitrogen and oxygen atoms in total. The molecule has 1 N–H and O–H groups in total. The smallest absolute Gasteiger partial charge is 0.303 e. The number of hydrogen-bond donors (Lipinski definition) is 1. The van der Waals surface area contributed by atoms with Crippen LogP contribution in [0.15, 0.2) is 59.5 Å². The number of ketones is 1. The molecule has 0 radical (unpaired) electrons. The standard InChI is InChI=1S/C26H25ClFNO5/c1-16-12-19(27)7-8-20(16)21(14-23(30)18-6-10-25(31)29(2)15-18)17-5-9-24(22(28)13-17)34-11-3-4-26(32)33/h5-10,12-13,15,21H,3-4,11,14H2,1-2H3,(H,32,33). The second-order valence-corrected chi connectivity index (χ2v) is 8.52. The van der Waals surface area contributed by atoms with Gasteiger partial charge in [0.15, 0.2) is 17.3 Å². The van der Waals surface area contributed by atoms with Crippen molar-refractivity contribution in [1.29, 1.82) is 0 Å². The number of hydrogen-bond acceptors (Lipinski definition) is 4. The molecule has 1 heterocycles. The summed E-state index contributed by atoms with van der Waals surface area (Å²) in [5.74, 6) is -2.17. The number of carboxylic acid groups (broad SMARTS) is 1. The minimum absolute atomic E-state index is 0.0186. The molecule has 1 atom stereocenters. The van der Waals surface area contributed by atoms with Crippen LogP contribution < -0.4 is 10.3 Å². The Balaban J connectivity index is 1.91. The highest BCUT2D eigenvalue weighted by molar-refractivity contribution is 6.30. The van der Waals surface area contributed by atoms with Crippen molar-refractivity contribution in [3.05, 3.63) is 98.2 Å². The summed E-state index contributed by atoms with van der Waals surface area (Å²) in [7, 11) is 1.57. The van der Waals surface area contributed by atoms with E-state index in [1.165, 1.54) is 35.0 Å². The number of Topliss-reactive ketones (excluding diaryl/α,β-unsaturated/α-hetero) is 1. The quantitative estimate of drug-likeness (QED) is 0.317. The average molecular weight is 486 g/mol. The minimum atomic E-state index is -0.941. The van der Waals surface area contributed by atoms with Crippen LogP contribution in [0.4, 0.5) is 4.39 Å². The van der Waals surface area contributed by atoms with Gasteiger partial charge in [-0.2, -0.15) is 0 Å². The molecule has 0 fully saturated rings. The maximum absolute atomic E-state index is 14.8. The summed E-state index contributed by atoms with van der Waals surface area (Å²) in [5.41, 5.74) is 2.44. The number of halogens is 2. The second kappa shape index (κ2) is 11.1. The molecule has 2 aromatic carbocycles. The number of carbonyl (C=O) groups is 2. The van der Waals surface area contributed by atoms with Crippen molar-refractivity contribution in [2.24, 2.45) is 7.05 Å². The van der Waals surface area contributed by atoms with Gasteiger partial charge in [0.25, 0.3) is 0 Å². The monoisotopic (exact) mass is 485 g/mol. The van der Waals surface area contributed by atoms with E-state index >= 15 is 0 Å². The lowest BCUT2D eigenvalue weighted by atomic mass is 9.84. The van der Waals surface area contributed by atoms with Crippen molar-refractivity contribution in [2.45, 2.75) is 32.1 Å². The molecule has 0 spiro atoms. The van der Waals surface area contributed by atoms with Crippen LogP contribution in [-0.4, -0.2) is 28.0 Å². The van der Waals surface area contributed by atoms with Crippen LogP contribution in [0.5, 0.6) is 5.75 Å². The number of aromatic nitrogens is 1. The van der Waals surface area contributed by atoms with Gasteiger partial charge >= 0.3 is 5.97 Å². The third kappa shape index (κ3) is 6.32. The number of aliphatic carboxylic acids is 1. The fourth-order valence-electron chi connectivity index (χ4n) is 3.76. The zero-order valence-electron chi connectivity index (χ0n) is 18.9. The third-order valence-corrected chi connectivity index (χ3v) is 5.79. The van der Waals surface area contributed by atoms with Gasteiger partial charge in [0.1, 0.15) is 0 Å². The van der Waals surface area contributed by atoms with Gasteiger partial charge < -0.3 is 14.4 Å². The molecule has 0 bridgehead atoms. The van der Waals surface area contributed by atoms with Crippen LogP contribution in [0.25, 0.3) is 0 Å². The molecule has 1 aromatic heterocycles. The van der Waals surface area contributed by atoms with E-state index in [1.807, 2.05) is 13.0 Å². The Labute approximate surface area is 201 Å². The van der Waals surface area contributed by atoms with Crippen LogP contribution in [0.2, 0.25) is 5.02 Å². The number of aryl methyl sites for hydroxylation is 2. The van der Waals surface area contributed by atoms with E-state index in [0.717, 1.165) is 11.1 Å². The Morgan fingerprint density at radius 1 is 1.15 bits per heavy atom. The molecular formula is C26H25ClFNO5. The number of benzene rings is 2. The largest absolute Gasteiger partial charge is 0.491 e. The highest BCUT2D eigenvalue weighted by Crippen LogP contribution is 2.34. The SMILES string of the molecule is Cc1cc(Cl)ccc1C(CC(=O)c1ccc(=O)n(C)c1)c1ccc(OCCCC(=O)O)c(F)c1. The number of rotatable bonds is 10. The van der Waals surface area contributed by atoms with E-state index in [9.17, 15) is 18.8 Å². The highest BCUT2D eigenvalue weighted by Gasteiger charge is 2.23. The first-order valence-corrected chi connectivity index (χ1v) is 11.1. The van der Waals surface area contributed by atoms with Crippen molar-refractivity contribution < 1.29 is 23.8 Å². The topological polar surface area (TPSA) is 85.6 Å².